The quantitative estimate of drug-likeness (QED) is 0.860. The van der Waals surface area contributed by atoms with E-state index in [1.54, 1.807) is 10.9 Å². The number of benzene rings is 1. The molecule has 1 aromatic heterocycles. The third kappa shape index (κ3) is 2.97. The normalized spacial score (nSPS) is 16.1. The number of hydrogen-bond donors (Lipinski definition) is 0. The second-order valence-corrected chi connectivity index (χ2v) is 5.24. The van der Waals surface area contributed by atoms with Crippen LogP contribution in [-0.2, 0) is 0 Å². The fourth-order valence-electron chi connectivity index (χ4n) is 2.60. The molecule has 5 heteroatoms. The summed E-state index contributed by atoms with van der Waals surface area (Å²) in [6, 6.07) is 9.83. The minimum absolute atomic E-state index is 0.0768. The molecule has 0 unspecified atom stereocenters. The molecule has 3 rings (SSSR count). The van der Waals surface area contributed by atoms with Crippen LogP contribution in [0.1, 0.15) is 17.3 Å². The second-order valence-electron chi connectivity index (χ2n) is 5.24. The number of hydrogen-bond acceptors (Lipinski definition) is 3. The number of carbonyl (C=O) groups excluding carboxylic acids is 1. The Kier molecular flexibility index (Phi) is 4.01. The minimum Gasteiger partial charge on any atom is -0.336 e. The van der Waals surface area contributed by atoms with Gasteiger partial charge in [-0.3, -0.25) is 4.79 Å². The van der Waals surface area contributed by atoms with E-state index in [1.165, 1.54) is 0 Å². The van der Waals surface area contributed by atoms with Crippen molar-refractivity contribution >= 4 is 5.91 Å². The molecule has 5 nitrogen and oxygen atoms in total. The van der Waals surface area contributed by atoms with Gasteiger partial charge in [-0.2, -0.15) is 5.10 Å². The summed E-state index contributed by atoms with van der Waals surface area (Å²) in [5.41, 5.74) is 1.62. The number of amides is 1. The van der Waals surface area contributed by atoms with Gasteiger partial charge in [0.05, 0.1) is 17.4 Å². The molecule has 1 aliphatic heterocycles. The molecule has 0 spiro atoms. The number of carbonyl (C=O) groups is 1. The first-order valence-corrected chi connectivity index (χ1v) is 7.39. The molecule has 0 aliphatic carbocycles. The fraction of sp³-hybridized carbons (Fsp3) is 0.375. The summed E-state index contributed by atoms with van der Waals surface area (Å²) >= 11 is 0. The van der Waals surface area contributed by atoms with E-state index in [4.69, 9.17) is 0 Å². The number of nitrogens with zero attached hydrogens (tertiary/aromatic N) is 4. The van der Waals surface area contributed by atoms with Gasteiger partial charge in [-0.25, -0.2) is 4.68 Å². The van der Waals surface area contributed by atoms with Gasteiger partial charge in [-0.1, -0.05) is 25.1 Å². The third-order valence-corrected chi connectivity index (χ3v) is 3.96. The average Bonchev–Trinajstić information content (AvgIpc) is 3.05. The molecule has 0 radical (unpaired) electrons. The lowest BCUT2D eigenvalue weighted by atomic mass is 10.2. The zero-order chi connectivity index (χ0) is 14.7. The van der Waals surface area contributed by atoms with Crippen LogP contribution in [0.5, 0.6) is 0 Å². The van der Waals surface area contributed by atoms with Crippen LogP contribution in [0.25, 0.3) is 5.69 Å². The van der Waals surface area contributed by atoms with Crippen molar-refractivity contribution in [2.45, 2.75) is 6.92 Å². The van der Waals surface area contributed by atoms with Crippen LogP contribution in [0.15, 0.2) is 42.7 Å². The highest BCUT2D eigenvalue weighted by molar-refractivity contribution is 5.93. The molecule has 1 fully saturated rings. The van der Waals surface area contributed by atoms with Gasteiger partial charge < -0.3 is 9.80 Å². The molecular formula is C16H20N4O. The van der Waals surface area contributed by atoms with Crippen LogP contribution in [0.2, 0.25) is 0 Å². The van der Waals surface area contributed by atoms with Crippen molar-refractivity contribution in [2.75, 3.05) is 32.7 Å². The van der Waals surface area contributed by atoms with E-state index < -0.39 is 0 Å². The Hall–Kier alpha value is -2.14. The molecule has 1 aromatic carbocycles. The Labute approximate surface area is 124 Å². The van der Waals surface area contributed by atoms with Crippen molar-refractivity contribution in [3.8, 4) is 5.69 Å². The van der Waals surface area contributed by atoms with E-state index in [9.17, 15) is 4.79 Å². The zero-order valence-corrected chi connectivity index (χ0v) is 12.3. The maximum atomic E-state index is 12.5. The van der Waals surface area contributed by atoms with Crippen molar-refractivity contribution in [1.29, 1.82) is 0 Å². The lowest BCUT2D eigenvalue weighted by Gasteiger charge is -2.33. The number of likely N-dealkylation sites (N-methyl/N-ethyl adjacent to an activating group) is 1. The Morgan fingerprint density at radius 3 is 2.52 bits per heavy atom. The van der Waals surface area contributed by atoms with Crippen LogP contribution in [0.3, 0.4) is 0 Å². The topological polar surface area (TPSA) is 41.4 Å². The first kappa shape index (κ1) is 13.8. The van der Waals surface area contributed by atoms with Crippen molar-refractivity contribution in [1.82, 2.24) is 19.6 Å². The van der Waals surface area contributed by atoms with Crippen LogP contribution in [0, 0.1) is 0 Å². The van der Waals surface area contributed by atoms with Gasteiger partial charge in [0, 0.05) is 32.4 Å². The molecule has 1 aliphatic rings. The Balaban J connectivity index is 1.70. The number of piperazine rings is 1. The maximum Gasteiger partial charge on any atom is 0.257 e. The Bertz CT molecular complexity index is 600. The number of aromatic nitrogens is 2. The Morgan fingerprint density at radius 2 is 1.86 bits per heavy atom. The van der Waals surface area contributed by atoms with E-state index >= 15 is 0 Å². The predicted molar refractivity (Wildman–Crippen MR) is 81.6 cm³/mol. The predicted octanol–water partition coefficient (Wildman–Crippen LogP) is 1.65. The summed E-state index contributed by atoms with van der Waals surface area (Å²) in [5, 5.41) is 4.29. The maximum absolute atomic E-state index is 12.5. The van der Waals surface area contributed by atoms with Gasteiger partial charge in [-0.05, 0) is 18.7 Å². The van der Waals surface area contributed by atoms with Crippen LogP contribution in [0.4, 0.5) is 0 Å². The first-order valence-electron chi connectivity index (χ1n) is 7.39. The monoisotopic (exact) mass is 284 g/mol. The third-order valence-electron chi connectivity index (χ3n) is 3.96. The van der Waals surface area contributed by atoms with Crippen LogP contribution in [-0.4, -0.2) is 58.2 Å². The van der Waals surface area contributed by atoms with Gasteiger partial charge >= 0.3 is 0 Å². The van der Waals surface area contributed by atoms with E-state index in [1.807, 2.05) is 41.4 Å². The van der Waals surface area contributed by atoms with Gasteiger partial charge in [0.15, 0.2) is 0 Å². The van der Waals surface area contributed by atoms with Gasteiger partial charge in [0.2, 0.25) is 0 Å². The molecule has 0 saturated carbocycles. The lowest BCUT2D eigenvalue weighted by molar-refractivity contribution is 0.0643. The molecular weight excluding hydrogens is 264 g/mol. The largest absolute Gasteiger partial charge is 0.336 e. The highest BCUT2D eigenvalue weighted by atomic mass is 16.2. The summed E-state index contributed by atoms with van der Waals surface area (Å²) < 4.78 is 1.75. The van der Waals surface area contributed by atoms with Crippen molar-refractivity contribution in [2.24, 2.45) is 0 Å². The summed E-state index contributed by atoms with van der Waals surface area (Å²) in [7, 11) is 0. The van der Waals surface area contributed by atoms with Gasteiger partial charge in [0.25, 0.3) is 5.91 Å². The molecule has 0 N–H and O–H groups in total. The molecule has 2 aromatic rings. The van der Waals surface area contributed by atoms with Gasteiger partial charge in [0.1, 0.15) is 0 Å². The molecule has 0 atom stereocenters. The SMILES string of the molecule is CCN1CCN(C(=O)c2cnn(-c3ccccc3)c2)CC1. The van der Waals surface area contributed by atoms with Crippen LogP contribution < -0.4 is 0 Å². The highest BCUT2D eigenvalue weighted by Gasteiger charge is 2.22. The Morgan fingerprint density at radius 1 is 1.14 bits per heavy atom. The molecule has 21 heavy (non-hydrogen) atoms. The summed E-state index contributed by atoms with van der Waals surface area (Å²) in [6.07, 6.45) is 3.46. The fourth-order valence-corrected chi connectivity index (χ4v) is 2.60. The van der Waals surface area contributed by atoms with Crippen LogP contribution >= 0.6 is 0 Å². The number of para-hydroxylation sites is 1. The van der Waals surface area contributed by atoms with Crippen molar-refractivity contribution in [3.63, 3.8) is 0 Å². The molecule has 1 amide bonds. The van der Waals surface area contributed by atoms with E-state index in [0.29, 0.717) is 5.56 Å². The van der Waals surface area contributed by atoms with Gasteiger partial charge in [-0.15, -0.1) is 0 Å². The minimum atomic E-state index is 0.0768. The zero-order valence-electron chi connectivity index (χ0n) is 12.3. The highest BCUT2D eigenvalue weighted by Crippen LogP contribution is 2.11. The second kappa shape index (κ2) is 6.10. The van der Waals surface area contributed by atoms with Crippen molar-refractivity contribution in [3.05, 3.63) is 48.3 Å². The summed E-state index contributed by atoms with van der Waals surface area (Å²) in [4.78, 5) is 16.8. The molecule has 2 heterocycles. The molecule has 1 saturated heterocycles. The smallest absolute Gasteiger partial charge is 0.257 e. The molecule has 0 bridgehead atoms. The van der Waals surface area contributed by atoms with E-state index in [-0.39, 0.29) is 5.91 Å². The summed E-state index contributed by atoms with van der Waals surface area (Å²) in [6.45, 7) is 6.70. The number of rotatable bonds is 3. The summed E-state index contributed by atoms with van der Waals surface area (Å²) in [5.74, 6) is 0.0768. The van der Waals surface area contributed by atoms with E-state index in [0.717, 1.165) is 38.4 Å². The van der Waals surface area contributed by atoms with Crippen molar-refractivity contribution < 1.29 is 4.79 Å². The average molecular weight is 284 g/mol. The first-order chi connectivity index (χ1) is 10.3. The van der Waals surface area contributed by atoms with E-state index in [2.05, 4.69) is 16.9 Å². The standard InChI is InChI=1S/C16H20N4O/c1-2-18-8-10-19(11-9-18)16(21)14-12-17-20(13-14)15-6-4-3-5-7-15/h3-7,12-13H,2,8-11H2,1H3. The lowest BCUT2D eigenvalue weighted by Crippen LogP contribution is -2.48. The molecule has 110 valence electrons.